The summed E-state index contributed by atoms with van der Waals surface area (Å²) in [6, 6.07) is 17.1. The molecule has 3 aromatic carbocycles. The zero-order valence-electron chi connectivity index (χ0n) is 25.9. The molecule has 1 saturated heterocycles. The van der Waals surface area contributed by atoms with E-state index in [-0.39, 0.29) is 17.4 Å². The number of carbonyl (C=O) groups excluding carboxylic acids is 2. The average Bonchev–Trinajstić information content (AvgIpc) is 3.68. The number of carbonyl (C=O) groups is 2. The number of amides is 2. The molecule has 2 unspecified atom stereocenters. The van der Waals surface area contributed by atoms with Gasteiger partial charge < -0.3 is 4.74 Å². The van der Waals surface area contributed by atoms with Crippen LogP contribution in [0.15, 0.2) is 66.7 Å². The van der Waals surface area contributed by atoms with Crippen molar-refractivity contribution in [2.24, 2.45) is 0 Å². The van der Waals surface area contributed by atoms with Gasteiger partial charge in [-0.2, -0.15) is 5.10 Å². The first-order valence-electron chi connectivity index (χ1n) is 15.8. The summed E-state index contributed by atoms with van der Waals surface area (Å²) >= 11 is 13.4. The number of hydrogen-bond acceptors (Lipinski definition) is 5. The maximum atomic E-state index is 14.0. The summed E-state index contributed by atoms with van der Waals surface area (Å²) in [5.74, 6) is -0.653. The van der Waals surface area contributed by atoms with Crippen LogP contribution in [0.25, 0.3) is 6.08 Å². The Morgan fingerprint density at radius 3 is 2.60 bits per heavy atom. The monoisotopic (exact) mass is 673 g/mol. The third-order valence-electron chi connectivity index (χ3n) is 9.54. The number of fused-ring (bicyclic) bond motifs is 2. The molecule has 8 nitrogen and oxygen atoms in total. The van der Waals surface area contributed by atoms with Crippen molar-refractivity contribution in [2.45, 2.75) is 43.6 Å². The number of benzene rings is 3. The summed E-state index contributed by atoms with van der Waals surface area (Å²) in [6.45, 7) is 1.88. The van der Waals surface area contributed by atoms with Crippen LogP contribution in [0.5, 0.6) is 0 Å². The molecular weight excluding hydrogens is 640 g/mol. The number of halogens is 3. The van der Waals surface area contributed by atoms with E-state index in [0.717, 1.165) is 65.9 Å². The number of allylic oxidation sites excluding steroid dienone is 1. The first-order chi connectivity index (χ1) is 22.8. The molecule has 2 N–H and O–H groups in total. The molecule has 242 valence electrons. The van der Waals surface area contributed by atoms with Crippen LogP contribution in [0.1, 0.15) is 74.9 Å². The summed E-state index contributed by atoms with van der Waals surface area (Å²) in [7, 11) is 1.36. The van der Waals surface area contributed by atoms with Gasteiger partial charge in [-0.1, -0.05) is 78.2 Å². The van der Waals surface area contributed by atoms with Gasteiger partial charge in [0.15, 0.2) is 5.69 Å². The zero-order chi connectivity index (χ0) is 32.7. The van der Waals surface area contributed by atoms with E-state index < -0.39 is 17.6 Å². The largest absolute Gasteiger partial charge is 0.453 e. The number of hydrazine groups is 1. The van der Waals surface area contributed by atoms with Crippen molar-refractivity contribution >= 4 is 41.3 Å². The maximum absolute atomic E-state index is 14.0. The Kier molecular flexibility index (Phi) is 8.55. The average molecular weight is 675 g/mol. The summed E-state index contributed by atoms with van der Waals surface area (Å²) in [5, 5.41) is 10.5. The number of aromatic amines is 1. The van der Waals surface area contributed by atoms with Crippen molar-refractivity contribution in [3.05, 3.63) is 127 Å². The number of rotatable bonds is 6. The summed E-state index contributed by atoms with van der Waals surface area (Å²) < 4.78 is 19.4. The van der Waals surface area contributed by atoms with Crippen LogP contribution in [-0.4, -0.2) is 58.9 Å². The highest BCUT2D eigenvalue weighted by atomic mass is 35.5. The molecule has 47 heavy (non-hydrogen) atoms. The fraction of sp³-hybridized carbons (Fsp3) is 0.306. The molecular formula is C36H34Cl2FN5O3. The fourth-order valence-corrected chi connectivity index (χ4v) is 8.01. The molecule has 3 aliphatic rings. The van der Waals surface area contributed by atoms with Gasteiger partial charge in [-0.05, 0) is 71.3 Å². The van der Waals surface area contributed by atoms with Crippen LogP contribution in [0.4, 0.5) is 9.18 Å². The molecule has 1 aliphatic carbocycles. The minimum Gasteiger partial charge on any atom is -0.453 e. The second-order valence-electron chi connectivity index (χ2n) is 12.3. The molecule has 0 saturated carbocycles. The van der Waals surface area contributed by atoms with Gasteiger partial charge >= 0.3 is 6.09 Å². The normalized spacial score (nSPS) is 20.5. The second-order valence-corrected chi connectivity index (χ2v) is 13.2. The number of ether oxygens (including phenoxy) is 1. The van der Waals surface area contributed by atoms with Crippen molar-refractivity contribution < 1.29 is 18.7 Å². The maximum Gasteiger partial charge on any atom is 0.410 e. The van der Waals surface area contributed by atoms with E-state index in [1.807, 2.05) is 35.3 Å². The van der Waals surface area contributed by atoms with Crippen molar-refractivity contribution in [1.82, 2.24) is 25.5 Å². The van der Waals surface area contributed by atoms with E-state index in [1.165, 1.54) is 19.2 Å². The van der Waals surface area contributed by atoms with Gasteiger partial charge in [-0.15, -0.1) is 0 Å². The van der Waals surface area contributed by atoms with Gasteiger partial charge in [0.25, 0.3) is 5.91 Å². The van der Waals surface area contributed by atoms with Gasteiger partial charge in [0, 0.05) is 52.8 Å². The number of piperidine rings is 1. The number of hydrogen-bond donors (Lipinski definition) is 2. The van der Waals surface area contributed by atoms with Gasteiger partial charge in [0.1, 0.15) is 5.82 Å². The number of nitrogens with one attached hydrogen (secondary N) is 2. The Bertz CT molecular complexity index is 1870. The minimum atomic E-state index is -0.829. The molecule has 2 amide bonds. The summed E-state index contributed by atoms with van der Waals surface area (Å²) in [6.07, 6.45) is 7.72. The Labute approximate surface area is 282 Å². The lowest BCUT2D eigenvalue weighted by Crippen LogP contribution is -2.46. The Morgan fingerprint density at radius 1 is 1.06 bits per heavy atom. The zero-order valence-corrected chi connectivity index (χ0v) is 27.4. The Balaban J connectivity index is 1.43. The van der Waals surface area contributed by atoms with E-state index in [4.69, 9.17) is 27.9 Å². The van der Waals surface area contributed by atoms with Crippen molar-refractivity contribution in [2.75, 3.05) is 26.7 Å². The molecule has 1 fully saturated rings. The molecule has 0 spiro atoms. The van der Waals surface area contributed by atoms with E-state index in [1.54, 1.807) is 23.1 Å². The lowest BCUT2D eigenvalue weighted by atomic mass is 9.69. The summed E-state index contributed by atoms with van der Waals surface area (Å²) in [5.41, 5.74) is 8.25. The fourth-order valence-electron chi connectivity index (χ4n) is 7.43. The molecule has 0 bridgehead atoms. The van der Waals surface area contributed by atoms with E-state index in [0.29, 0.717) is 35.0 Å². The standard InChI is InChI=1S/C36H34Cl2FN5O3/c1-47-35(46)44-19-15-29-30(32(41-40-29)34(45)42-43-17-3-2-4-18-43)33(44)26-7-5-6-23-14-16-36(31(23)26,21-22-8-11-25(39)12-9-22)27-13-10-24(37)20-28(27)38/h5-14,16,20,33H,2-4,15,17-19,21H2,1H3,(H,40,41)(H,42,45). The van der Waals surface area contributed by atoms with E-state index in [2.05, 4.69) is 27.8 Å². The topological polar surface area (TPSA) is 90.6 Å². The van der Waals surface area contributed by atoms with Gasteiger partial charge in [-0.25, -0.2) is 14.2 Å². The summed E-state index contributed by atoms with van der Waals surface area (Å²) in [4.78, 5) is 29.0. The molecule has 0 radical (unpaired) electrons. The van der Waals surface area contributed by atoms with Crippen LogP contribution < -0.4 is 5.43 Å². The first-order valence-corrected chi connectivity index (χ1v) is 16.5. The highest BCUT2D eigenvalue weighted by Gasteiger charge is 2.45. The van der Waals surface area contributed by atoms with Crippen LogP contribution >= 0.6 is 23.2 Å². The molecule has 1 aromatic heterocycles. The highest BCUT2D eigenvalue weighted by molar-refractivity contribution is 6.35. The molecule has 7 rings (SSSR count). The second kappa shape index (κ2) is 12.8. The highest BCUT2D eigenvalue weighted by Crippen LogP contribution is 2.51. The van der Waals surface area contributed by atoms with Gasteiger partial charge in [0.2, 0.25) is 0 Å². The first kappa shape index (κ1) is 31.4. The molecule has 3 heterocycles. The number of H-pyrrole nitrogens is 1. The Morgan fingerprint density at radius 2 is 1.85 bits per heavy atom. The van der Waals surface area contributed by atoms with Gasteiger partial charge in [-0.3, -0.25) is 20.2 Å². The predicted molar refractivity (Wildman–Crippen MR) is 179 cm³/mol. The smallest absolute Gasteiger partial charge is 0.410 e. The molecule has 4 aromatic rings. The van der Waals surface area contributed by atoms with E-state index >= 15 is 0 Å². The third kappa shape index (κ3) is 5.70. The van der Waals surface area contributed by atoms with Crippen LogP contribution in [-0.2, 0) is 23.0 Å². The third-order valence-corrected chi connectivity index (χ3v) is 10.1. The number of aromatic nitrogens is 2. The Hall–Kier alpha value is -4.18. The SMILES string of the molecule is COC(=O)N1CCc2[nH]nc(C(=O)NN3CCCCC3)c2C1c1cccc2c1C(Cc1ccc(F)cc1)(c1ccc(Cl)cc1Cl)C=C2. The predicted octanol–water partition coefficient (Wildman–Crippen LogP) is 7.26. The van der Waals surface area contributed by atoms with Crippen LogP contribution in [0, 0.1) is 5.82 Å². The van der Waals surface area contributed by atoms with Crippen molar-refractivity contribution in [3.8, 4) is 0 Å². The lowest BCUT2D eigenvalue weighted by Gasteiger charge is -2.40. The quantitative estimate of drug-likeness (QED) is 0.225. The molecule has 11 heteroatoms. The van der Waals surface area contributed by atoms with Gasteiger partial charge in [0.05, 0.1) is 13.2 Å². The van der Waals surface area contributed by atoms with Crippen LogP contribution in [0.2, 0.25) is 10.0 Å². The van der Waals surface area contributed by atoms with Crippen molar-refractivity contribution in [1.29, 1.82) is 0 Å². The van der Waals surface area contributed by atoms with E-state index in [9.17, 15) is 14.0 Å². The lowest BCUT2D eigenvalue weighted by molar-refractivity contribution is 0.0738. The van der Waals surface area contributed by atoms with Crippen LogP contribution in [0.3, 0.4) is 0 Å². The molecule has 2 atom stereocenters. The number of nitrogens with zero attached hydrogens (tertiary/aromatic N) is 3. The minimum absolute atomic E-state index is 0.237. The number of methoxy groups -OCH3 is 1. The van der Waals surface area contributed by atoms with Crippen molar-refractivity contribution in [3.63, 3.8) is 0 Å². The molecule has 2 aliphatic heterocycles.